The van der Waals surface area contributed by atoms with Gasteiger partial charge in [0.1, 0.15) is 0 Å². The molecule has 0 heterocycles. The minimum Gasteiger partial charge on any atom is -1.00 e. The molecule has 0 amide bonds. The van der Waals surface area contributed by atoms with Gasteiger partial charge in [-0.2, -0.15) is 0 Å². The van der Waals surface area contributed by atoms with E-state index in [1.807, 2.05) is 5.20 Å². The molecule has 0 spiro atoms. The van der Waals surface area contributed by atoms with Crippen LogP contribution in [0.2, 0.25) is 0 Å². The maximum absolute atomic E-state index is 2.41. The molecule has 0 fully saturated rings. The summed E-state index contributed by atoms with van der Waals surface area (Å²) in [5.74, 6) is 0. The Hall–Kier alpha value is 0.501. The predicted octanol–water partition coefficient (Wildman–Crippen LogP) is -4.28. The van der Waals surface area contributed by atoms with Gasteiger partial charge in [-0.05, 0) is 0 Å². The zero-order valence-electron chi connectivity index (χ0n) is 15.4. The van der Waals surface area contributed by atoms with Gasteiger partial charge in [0.2, 0.25) is 0 Å². The third kappa shape index (κ3) is 8.82. The van der Waals surface area contributed by atoms with Gasteiger partial charge in [0.05, 0.1) is 0 Å². The molecule has 5 heteroatoms. The molecule has 1 aliphatic rings. The molecule has 0 bridgehead atoms. The molecule has 0 saturated heterocycles. The Morgan fingerprint density at radius 1 is 0.880 bits per heavy atom. The molecule has 25 heavy (non-hydrogen) atoms. The summed E-state index contributed by atoms with van der Waals surface area (Å²) in [4.78, 5) is 0. The standard InChI is InChI=1S/C20H29Si.3ClH.Ti/c1-3-5-8-12-18-16-20(15-17(18)11-6-4-2)21-19-13-9-7-10-14-19;;;;/h7,9-10,13-14H,3-6,8,11-12,16,21H2,1-2H3;3*1H;/q;;;;+3/p-3. The van der Waals surface area contributed by atoms with Crippen LogP contribution in [-0.2, 0) is 20.4 Å². The maximum Gasteiger partial charge on any atom is -1.00 e. The summed E-state index contributed by atoms with van der Waals surface area (Å²) in [5.41, 5.74) is 3.54. The van der Waals surface area contributed by atoms with Crippen LogP contribution in [-0.4, -0.2) is 9.52 Å². The molecule has 0 unspecified atom stereocenters. The Morgan fingerprint density at radius 2 is 1.52 bits per heavy atom. The number of rotatable bonds is 9. The van der Waals surface area contributed by atoms with E-state index >= 15 is 0 Å². The third-order valence-electron chi connectivity index (χ3n) is 4.63. The van der Waals surface area contributed by atoms with Crippen molar-refractivity contribution < 1.29 is 57.7 Å². The van der Waals surface area contributed by atoms with E-state index in [-0.39, 0.29) is 46.7 Å². The number of halogens is 3. The van der Waals surface area contributed by atoms with E-state index in [9.17, 15) is 0 Å². The SMILES string of the molecule is CCCCCC1=C(CCCC)[C]([Ti+3])=C([SiH2]c2ccccc2)C1.[Cl-].[Cl-].[Cl-]. The van der Waals surface area contributed by atoms with Crippen LogP contribution in [0.5, 0.6) is 0 Å². The fourth-order valence-corrected chi connectivity index (χ4v) is 6.16. The Labute approximate surface area is 187 Å². The van der Waals surface area contributed by atoms with Crippen LogP contribution in [0.4, 0.5) is 0 Å². The van der Waals surface area contributed by atoms with Crippen molar-refractivity contribution >= 4 is 14.7 Å². The van der Waals surface area contributed by atoms with Crippen LogP contribution in [0.3, 0.4) is 0 Å². The first-order chi connectivity index (χ1) is 10.8. The van der Waals surface area contributed by atoms with Crippen molar-refractivity contribution in [1.29, 1.82) is 0 Å². The van der Waals surface area contributed by atoms with Gasteiger partial charge >= 0.3 is 151 Å². The summed E-state index contributed by atoms with van der Waals surface area (Å²) in [6.45, 7) is 4.61. The molecule has 138 valence electrons. The summed E-state index contributed by atoms with van der Waals surface area (Å²) in [6.07, 6.45) is 10.7. The molecule has 0 aromatic heterocycles. The summed E-state index contributed by atoms with van der Waals surface area (Å²) in [7, 11) is -0.260. The van der Waals surface area contributed by atoms with E-state index in [1.165, 1.54) is 51.4 Å². The summed E-state index contributed by atoms with van der Waals surface area (Å²) in [6, 6.07) is 11.2. The molecular formula is C20H29Cl3SiTi. The van der Waals surface area contributed by atoms with Crippen LogP contribution in [0.1, 0.15) is 65.2 Å². The zero-order valence-corrected chi connectivity index (χ0v) is 20.6. The smallest absolute Gasteiger partial charge is 1.00 e. The largest absolute Gasteiger partial charge is 1.00 e. The molecule has 1 aromatic carbocycles. The quantitative estimate of drug-likeness (QED) is 0.263. The molecule has 2 rings (SSSR count). The normalized spacial score (nSPS) is 13.8. The predicted molar refractivity (Wildman–Crippen MR) is 97.0 cm³/mol. The third-order valence-corrected chi connectivity index (χ3v) is 8.12. The molecule has 0 saturated carbocycles. The topological polar surface area (TPSA) is 0 Å². The van der Waals surface area contributed by atoms with Gasteiger partial charge in [0.15, 0.2) is 0 Å². The monoisotopic (exact) mass is 450 g/mol. The number of allylic oxidation sites excluding steroid dienone is 4. The number of unbranched alkanes of at least 4 members (excludes halogenated alkanes) is 3. The van der Waals surface area contributed by atoms with Gasteiger partial charge in [-0.15, -0.1) is 0 Å². The second-order valence-corrected chi connectivity index (χ2v) is 9.26. The van der Waals surface area contributed by atoms with E-state index < -0.39 is 0 Å². The average Bonchev–Trinajstić information content (AvgIpc) is 2.82. The molecule has 0 N–H and O–H groups in total. The second-order valence-electron chi connectivity index (χ2n) is 6.46. The van der Waals surface area contributed by atoms with Crippen LogP contribution in [0.15, 0.2) is 50.6 Å². The minimum atomic E-state index is -0.260. The Morgan fingerprint density at radius 3 is 2.12 bits per heavy atom. The Balaban J connectivity index is 0. The first kappa shape index (κ1) is 27.7. The number of hydrogen-bond donors (Lipinski definition) is 0. The first-order valence-corrected chi connectivity index (χ1v) is 11.1. The molecule has 1 aromatic rings. The molecule has 1 aliphatic carbocycles. The van der Waals surface area contributed by atoms with Crippen LogP contribution in [0, 0.1) is 0 Å². The Bertz CT molecular complexity index is 541. The van der Waals surface area contributed by atoms with Crippen molar-refractivity contribution in [2.24, 2.45) is 0 Å². The van der Waals surface area contributed by atoms with Crippen molar-refractivity contribution in [3.63, 3.8) is 0 Å². The van der Waals surface area contributed by atoms with Gasteiger partial charge in [0, 0.05) is 0 Å². The Kier molecular flexibility index (Phi) is 17.2. The average molecular weight is 452 g/mol. The van der Waals surface area contributed by atoms with Crippen molar-refractivity contribution in [2.75, 3.05) is 0 Å². The van der Waals surface area contributed by atoms with E-state index in [2.05, 4.69) is 64.6 Å². The van der Waals surface area contributed by atoms with Crippen molar-refractivity contribution in [1.82, 2.24) is 0 Å². The molecular weight excluding hydrogens is 423 g/mol. The first-order valence-electron chi connectivity index (χ1n) is 8.95. The number of hydrogen-bond acceptors (Lipinski definition) is 0. The van der Waals surface area contributed by atoms with Gasteiger partial charge in [0.25, 0.3) is 0 Å². The zero-order chi connectivity index (χ0) is 15.8. The van der Waals surface area contributed by atoms with Crippen LogP contribution >= 0.6 is 0 Å². The minimum absolute atomic E-state index is 0. The summed E-state index contributed by atoms with van der Waals surface area (Å²) >= 11 is 2.41. The molecule has 0 aliphatic heterocycles. The molecule has 0 atom stereocenters. The second kappa shape index (κ2) is 15.5. The number of benzene rings is 1. The fraction of sp³-hybridized carbons (Fsp3) is 0.500. The van der Waals surface area contributed by atoms with Gasteiger partial charge < -0.3 is 37.2 Å². The molecule has 0 radical (unpaired) electrons. The van der Waals surface area contributed by atoms with Crippen molar-refractivity contribution in [3.8, 4) is 0 Å². The fourth-order valence-electron chi connectivity index (χ4n) is 3.32. The van der Waals surface area contributed by atoms with Gasteiger partial charge in [-0.3, -0.25) is 0 Å². The summed E-state index contributed by atoms with van der Waals surface area (Å²) in [5, 5.41) is 3.41. The van der Waals surface area contributed by atoms with Gasteiger partial charge in [-0.1, -0.05) is 0 Å². The van der Waals surface area contributed by atoms with E-state index in [4.69, 9.17) is 0 Å². The molecule has 0 nitrogen and oxygen atoms in total. The van der Waals surface area contributed by atoms with E-state index in [0.717, 1.165) is 0 Å². The van der Waals surface area contributed by atoms with Crippen LogP contribution in [0.25, 0.3) is 0 Å². The maximum atomic E-state index is 2.41. The van der Waals surface area contributed by atoms with Crippen molar-refractivity contribution in [3.05, 3.63) is 50.6 Å². The van der Waals surface area contributed by atoms with Crippen LogP contribution < -0.4 is 42.4 Å². The van der Waals surface area contributed by atoms with E-state index in [0.29, 0.717) is 0 Å². The summed E-state index contributed by atoms with van der Waals surface area (Å²) < 4.78 is 1.68. The van der Waals surface area contributed by atoms with Crippen molar-refractivity contribution in [2.45, 2.75) is 65.2 Å². The van der Waals surface area contributed by atoms with E-state index in [1.54, 1.807) is 20.2 Å². The van der Waals surface area contributed by atoms with Gasteiger partial charge in [-0.25, -0.2) is 0 Å².